The van der Waals surface area contributed by atoms with E-state index in [4.69, 9.17) is 25.0 Å². The van der Waals surface area contributed by atoms with E-state index >= 15 is 0 Å². The van der Waals surface area contributed by atoms with Crippen molar-refractivity contribution in [2.45, 2.75) is 13.0 Å². The predicted molar refractivity (Wildman–Crippen MR) is 33.2 cm³/mol. The third-order valence-electron chi connectivity index (χ3n) is 0.357. The Bertz CT molecular complexity index is 114. The summed E-state index contributed by atoms with van der Waals surface area (Å²) in [5.74, 6) is -1.19. The Kier molecular flexibility index (Phi) is 11.3. The standard InChI is InChI=1S/C3H6O3.H3N.4H2O.Ti/c1-2(4)3(5)6;;;;;;/h2,4H,1H3,(H,5,6);1H3;4*1H2;/q;;;;;;+4/p-4. The van der Waals surface area contributed by atoms with Crippen LogP contribution in [0.1, 0.15) is 6.92 Å². The molecule has 0 radical (unpaired) electrons. The molecule has 0 aromatic rings. The molecule has 1 unspecified atom stereocenters. The minimum atomic E-state index is -5.00. The van der Waals surface area contributed by atoms with Crippen molar-refractivity contribution in [3.8, 4) is 0 Å². The van der Waals surface area contributed by atoms with Crippen LogP contribution in [0.2, 0.25) is 0 Å². The zero-order valence-electron chi connectivity index (χ0n) is 6.38. The molecule has 9 N–H and O–H groups in total. The van der Waals surface area contributed by atoms with Gasteiger partial charge in [0, 0.05) is 0 Å². The zero-order chi connectivity index (χ0) is 9.65. The monoisotopic (exact) mass is 223 g/mol. The van der Waals surface area contributed by atoms with E-state index in [0.29, 0.717) is 0 Å². The van der Waals surface area contributed by atoms with Crippen LogP contribution in [0.15, 0.2) is 0 Å². The van der Waals surface area contributed by atoms with Gasteiger partial charge in [-0.05, 0) is 6.92 Å². The van der Waals surface area contributed by atoms with Crippen molar-refractivity contribution in [3.63, 3.8) is 0 Å². The molecular weight excluding hydrogens is 210 g/mol. The Balaban J connectivity index is -0.000000126. The zero-order valence-corrected chi connectivity index (χ0v) is 7.94. The first-order valence-corrected chi connectivity index (χ1v) is 5.24. The molecule has 0 aliphatic rings. The molecule has 1 atom stereocenters. The third-order valence-corrected chi connectivity index (χ3v) is 0.357. The second-order valence-corrected chi connectivity index (χ2v) is 3.49. The van der Waals surface area contributed by atoms with Gasteiger partial charge in [-0.2, -0.15) is 0 Å². The van der Waals surface area contributed by atoms with Crippen LogP contribution in [0.25, 0.3) is 0 Å². The van der Waals surface area contributed by atoms with E-state index < -0.39 is 30.2 Å². The second-order valence-electron chi connectivity index (χ2n) is 1.61. The molecular formula is C3H13NO7Ti. The van der Waals surface area contributed by atoms with Crippen LogP contribution in [0.5, 0.6) is 0 Å². The summed E-state index contributed by atoms with van der Waals surface area (Å²) >= 11 is -5.00. The number of aliphatic hydroxyl groups is 1. The molecule has 0 saturated heterocycles. The van der Waals surface area contributed by atoms with Crippen molar-refractivity contribution in [1.82, 2.24) is 6.15 Å². The Morgan fingerprint density at radius 2 is 1.33 bits per heavy atom. The number of aliphatic hydroxyl groups excluding tert-OH is 1. The van der Waals surface area contributed by atoms with Crippen LogP contribution in [0.4, 0.5) is 0 Å². The average Bonchev–Trinajstić information content (AvgIpc) is 1.59. The molecule has 76 valence electrons. The number of hydrogen-bond acceptors (Lipinski definition) is 7. The third kappa shape index (κ3) is 51.1. The van der Waals surface area contributed by atoms with E-state index in [0.717, 1.165) is 0 Å². The van der Waals surface area contributed by atoms with Gasteiger partial charge in [-0.15, -0.1) is 0 Å². The fourth-order valence-corrected chi connectivity index (χ4v) is 0. The summed E-state index contributed by atoms with van der Waals surface area (Å²) < 4.78 is 29.5. The van der Waals surface area contributed by atoms with Crippen molar-refractivity contribution < 1.29 is 47.9 Å². The van der Waals surface area contributed by atoms with Crippen molar-refractivity contribution >= 4 is 5.97 Å². The number of aliphatic carboxylic acids is 1. The number of carboxylic acids is 1. The van der Waals surface area contributed by atoms with Crippen LogP contribution in [0, 0.1) is 0 Å². The maximum absolute atomic E-state index is 9.45. The summed E-state index contributed by atoms with van der Waals surface area (Å²) in [5.41, 5.74) is 0. The van der Waals surface area contributed by atoms with Crippen LogP contribution < -0.4 is 6.15 Å². The van der Waals surface area contributed by atoms with Gasteiger partial charge in [0.05, 0.1) is 0 Å². The Hall–Kier alpha value is -0.0557. The number of carbonyl (C=O) groups is 1. The molecule has 0 heterocycles. The molecule has 0 aromatic heterocycles. The van der Waals surface area contributed by atoms with Crippen LogP contribution in [0.3, 0.4) is 0 Å². The first-order valence-electron chi connectivity index (χ1n) is 2.45. The van der Waals surface area contributed by atoms with E-state index in [9.17, 15) is 4.79 Å². The maximum atomic E-state index is 9.45. The topological polar surface area (TPSA) is 173 Å². The molecule has 0 rings (SSSR count). The quantitative estimate of drug-likeness (QED) is 0.236. The summed E-state index contributed by atoms with van der Waals surface area (Å²) in [6.45, 7) is 1.20. The Morgan fingerprint density at radius 1 is 1.25 bits per heavy atom. The van der Waals surface area contributed by atoms with Gasteiger partial charge in [-0.3, -0.25) is 0 Å². The first kappa shape index (κ1) is 17.9. The Labute approximate surface area is 73.6 Å². The molecule has 0 amide bonds. The summed E-state index contributed by atoms with van der Waals surface area (Å²) in [5, 5.41) is 15.8. The fraction of sp³-hybridized carbons (Fsp3) is 0.667. The van der Waals surface area contributed by atoms with Crippen LogP contribution in [-0.4, -0.2) is 37.0 Å². The van der Waals surface area contributed by atoms with Crippen LogP contribution in [-0.2, 0) is 22.9 Å². The average molecular weight is 223 g/mol. The molecule has 0 spiro atoms. The number of hydrogen-bond donors (Lipinski definition) is 7. The first-order chi connectivity index (χ1) is 4.64. The Morgan fingerprint density at radius 3 is 1.33 bits per heavy atom. The van der Waals surface area contributed by atoms with Gasteiger partial charge >= 0.3 is 38.9 Å². The number of rotatable bonds is 1. The van der Waals surface area contributed by atoms with Crippen molar-refractivity contribution in [2.24, 2.45) is 0 Å². The summed E-state index contributed by atoms with van der Waals surface area (Å²) in [4.78, 5) is 9.45. The summed E-state index contributed by atoms with van der Waals surface area (Å²) in [7, 11) is 0. The van der Waals surface area contributed by atoms with Gasteiger partial charge in [0.15, 0.2) is 0 Å². The molecule has 9 heteroatoms. The molecule has 0 saturated carbocycles. The van der Waals surface area contributed by atoms with Gasteiger partial charge in [0.2, 0.25) is 0 Å². The van der Waals surface area contributed by atoms with Crippen molar-refractivity contribution in [2.75, 3.05) is 0 Å². The van der Waals surface area contributed by atoms with E-state index in [2.05, 4.69) is 0 Å². The van der Waals surface area contributed by atoms with Crippen LogP contribution >= 0.6 is 0 Å². The van der Waals surface area contributed by atoms with E-state index in [1.165, 1.54) is 6.92 Å². The second kappa shape index (κ2) is 7.59. The van der Waals surface area contributed by atoms with E-state index in [1.54, 1.807) is 0 Å². The van der Waals surface area contributed by atoms with E-state index in [1.807, 2.05) is 0 Å². The molecule has 8 nitrogen and oxygen atoms in total. The molecule has 0 aliphatic carbocycles. The molecule has 0 aliphatic heterocycles. The summed E-state index contributed by atoms with van der Waals surface area (Å²) in [6.07, 6.45) is -1.23. The van der Waals surface area contributed by atoms with Crippen molar-refractivity contribution in [3.05, 3.63) is 0 Å². The SMILES string of the molecule is CC(O)C(=O)O.N.[OH][Ti]([OH])([OH])[OH]. The summed E-state index contributed by atoms with van der Waals surface area (Å²) in [6, 6.07) is 0. The molecule has 0 bridgehead atoms. The van der Waals surface area contributed by atoms with Gasteiger partial charge < -0.3 is 16.4 Å². The van der Waals surface area contributed by atoms with E-state index in [-0.39, 0.29) is 6.15 Å². The fourth-order valence-electron chi connectivity index (χ4n) is 0. The number of carboxylic acid groups (broad SMARTS) is 1. The van der Waals surface area contributed by atoms with Crippen molar-refractivity contribution in [1.29, 1.82) is 0 Å². The molecule has 0 fully saturated rings. The predicted octanol–water partition coefficient (Wildman–Crippen LogP) is -2.62. The van der Waals surface area contributed by atoms with Gasteiger partial charge in [-0.25, -0.2) is 4.79 Å². The molecule has 0 aromatic carbocycles. The normalized spacial score (nSPS) is 11.8. The van der Waals surface area contributed by atoms with Gasteiger partial charge in [0.1, 0.15) is 6.10 Å². The molecule has 12 heavy (non-hydrogen) atoms. The van der Waals surface area contributed by atoms with Gasteiger partial charge in [0.25, 0.3) is 0 Å². The van der Waals surface area contributed by atoms with Gasteiger partial charge in [-0.1, -0.05) is 0 Å². The minimum absolute atomic E-state index is 0.